The van der Waals surface area contributed by atoms with Gasteiger partial charge in [-0.1, -0.05) is 24.6 Å². The number of rotatable bonds is 8. The highest BCUT2D eigenvalue weighted by atomic mass is 16.5. The van der Waals surface area contributed by atoms with Gasteiger partial charge in [0.15, 0.2) is 0 Å². The Hall–Kier alpha value is -3.35. The zero-order chi connectivity index (χ0) is 21.7. The second-order valence-corrected chi connectivity index (χ2v) is 7.36. The van der Waals surface area contributed by atoms with Crippen molar-refractivity contribution in [1.82, 2.24) is 10.3 Å². The highest BCUT2D eigenvalue weighted by Crippen LogP contribution is 2.33. The number of unbranched alkanes of at least 4 members (excludes halogenated alkanes) is 2. The lowest BCUT2D eigenvalue weighted by molar-refractivity contribution is -0.140. The van der Waals surface area contributed by atoms with Gasteiger partial charge in [0, 0.05) is 35.6 Å². The maximum atomic E-state index is 12.7. The zero-order valence-corrected chi connectivity index (χ0v) is 17.6. The lowest BCUT2D eigenvalue weighted by Gasteiger charge is -2.06. The van der Waals surface area contributed by atoms with E-state index in [2.05, 4.69) is 20.4 Å². The summed E-state index contributed by atoms with van der Waals surface area (Å²) in [6.45, 7) is 4.26. The standard InChI is InChI=1S/C23H27N3O4/c1-14-19(13-17-16-9-6-7-10-18(16)26-22(17)28)25-15(2)21(14)23(29)24-12-8-4-5-11-20(27)30-3/h6-7,9-10,13,25H,4-5,8,11-12H2,1-3H3,(H,24,29)(H,26,28)/b17-13-. The number of nitrogens with one attached hydrogen (secondary N) is 3. The maximum Gasteiger partial charge on any atom is 0.305 e. The van der Waals surface area contributed by atoms with Gasteiger partial charge >= 0.3 is 5.97 Å². The molecule has 0 spiro atoms. The molecule has 2 heterocycles. The number of methoxy groups -OCH3 is 1. The first-order chi connectivity index (χ1) is 14.4. The smallest absolute Gasteiger partial charge is 0.305 e. The highest BCUT2D eigenvalue weighted by molar-refractivity contribution is 6.34. The van der Waals surface area contributed by atoms with Gasteiger partial charge in [0.05, 0.1) is 18.2 Å². The molecule has 7 nitrogen and oxygen atoms in total. The molecule has 1 aliphatic rings. The Morgan fingerprint density at radius 2 is 1.90 bits per heavy atom. The van der Waals surface area contributed by atoms with Gasteiger partial charge in [-0.3, -0.25) is 14.4 Å². The number of carbonyl (C=O) groups excluding carboxylic acids is 3. The maximum absolute atomic E-state index is 12.7. The summed E-state index contributed by atoms with van der Waals surface area (Å²) in [5.74, 6) is -0.506. The van der Waals surface area contributed by atoms with E-state index in [1.54, 1.807) is 6.08 Å². The van der Waals surface area contributed by atoms with Crippen LogP contribution < -0.4 is 10.6 Å². The third-order valence-electron chi connectivity index (χ3n) is 5.27. The van der Waals surface area contributed by atoms with E-state index in [0.717, 1.165) is 47.5 Å². The number of anilines is 1. The molecule has 0 aliphatic carbocycles. The number of fused-ring (bicyclic) bond motifs is 1. The number of aryl methyl sites for hydroxylation is 1. The Kier molecular flexibility index (Phi) is 6.72. The number of hydrogen-bond acceptors (Lipinski definition) is 4. The normalized spacial score (nSPS) is 13.8. The van der Waals surface area contributed by atoms with Crippen LogP contribution in [0.3, 0.4) is 0 Å². The van der Waals surface area contributed by atoms with Crippen molar-refractivity contribution in [2.24, 2.45) is 0 Å². The number of aromatic amines is 1. The summed E-state index contributed by atoms with van der Waals surface area (Å²) in [6, 6.07) is 7.54. The average molecular weight is 409 g/mol. The molecular formula is C23H27N3O4. The minimum Gasteiger partial charge on any atom is -0.469 e. The summed E-state index contributed by atoms with van der Waals surface area (Å²) in [7, 11) is 1.38. The number of amides is 2. The molecular weight excluding hydrogens is 382 g/mol. The van der Waals surface area contributed by atoms with Crippen molar-refractivity contribution in [2.45, 2.75) is 39.5 Å². The van der Waals surface area contributed by atoms with E-state index in [1.165, 1.54) is 7.11 Å². The van der Waals surface area contributed by atoms with Crippen LogP contribution in [0.4, 0.5) is 5.69 Å². The summed E-state index contributed by atoms with van der Waals surface area (Å²) in [5, 5.41) is 5.80. The van der Waals surface area contributed by atoms with E-state index in [0.29, 0.717) is 24.1 Å². The first kappa shape index (κ1) is 21.4. The molecule has 30 heavy (non-hydrogen) atoms. The van der Waals surface area contributed by atoms with Crippen molar-refractivity contribution >= 4 is 35.1 Å². The van der Waals surface area contributed by atoms with Gasteiger partial charge < -0.3 is 20.4 Å². The van der Waals surface area contributed by atoms with Gasteiger partial charge in [-0.25, -0.2) is 0 Å². The van der Waals surface area contributed by atoms with Crippen LogP contribution in [0.15, 0.2) is 24.3 Å². The molecule has 158 valence electrons. The van der Waals surface area contributed by atoms with Gasteiger partial charge in [-0.05, 0) is 44.4 Å². The number of benzene rings is 1. The first-order valence-corrected chi connectivity index (χ1v) is 10.1. The third kappa shape index (κ3) is 4.62. The number of esters is 1. The van der Waals surface area contributed by atoms with Crippen LogP contribution in [0.25, 0.3) is 11.6 Å². The summed E-state index contributed by atoms with van der Waals surface area (Å²) < 4.78 is 4.61. The molecule has 0 radical (unpaired) electrons. The molecule has 1 aliphatic heterocycles. The predicted octanol–water partition coefficient (Wildman–Crippen LogP) is 3.59. The van der Waals surface area contributed by atoms with Crippen LogP contribution in [0.2, 0.25) is 0 Å². The summed E-state index contributed by atoms with van der Waals surface area (Å²) in [4.78, 5) is 39.4. The number of hydrogen-bond donors (Lipinski definition) is 3. The number of para-hydroxylation sites is 1. The van der Waals surface area contributed by atoms with Crippen molar-refractivity contribution < 1.29 is 19.1 Å². The Balaban J connectivity index is 1.65. The molecule has 0 bridgehead atoms. The van der Waals surface area contributed by atoms with E-state index in [9.17, 15) is 14.4 Å². The molecule has 3 N–H and O–H groups in total. The summed E-state index contributed by atoms with van der Waals surface area (Å²) in [6.07, 6.45) is 4.57. The fourth-order valence-electron chi connectivity index (χ4n) is 3.65. The number of H-pyrrole nitrogens is 1. The van der Waals surface area contributed by atoms with E-state index >= 15 is 0 Å². The van der Waals surface area contributed by atoms with E-state index in [1.807, 2.05) is 38.1 Å². The molecule has 7 heteroatoms. The van der Waals surface area contributed by atoms with Crippen molar-refractivity contribution in [2.75, 3.05) is 19.0 Å². The fraction of sp³-hybridized carbons (Fsp3) is 0.348. The minimum atomic E-state index is -0.210. The zero-order valence-electron chi connectivity index (χ0n) is 17.6. The topological polar surface area (TPSA) is 100 Å². The van der Waals surface area contributed by atoms with Crippen molar-refractivity contribution in [1.29, 1.82) is 0 Å². The minimum absolute atomic E-state index is 0.143. The Morgan fingerprint density at radius 1 is 1.13 bits per heavy atom. The summed E-state index contributed by atoms with van der Waals surface area (Å²) >= 11 is 0. The lowest BCUT2D eigenvalue weighted by atomic mass is 10.0. The van der Waals surface area contributed by atoms with Crippen LogP contribution >= 0.6 is 0 Å². The third-order valence-corrected chi connectivity index (χ3v) is 5.27. The molecule has 3 rings (SSSR count). The lowest BCUT2D eigenvalue weighted by Crippen LogP contribution is -2.25. The van der Waals surface area contributed by atoms with Gasteiger partial charge in [0.2, 0.25) is 0 Å². The molecule has 0 saturated heterocycles. The average Bonchev–Trinajstić information content (AvgIpc) is 3.19. The van der Waals surface area contributed by atoms with Gasteiger partial charge in [-0.2, -0.15) is 0 Å². The fourth-order valence-corrected chi connectivity index (χ4v) is 3.65. The number of carbonyl (C=O) groups is 3. The van der Waals surface area contributed by atoms with Gasteiger partial charge in [-0.15, -0.1) is 0 Å². The van der Waals surface area contributed by atoms with E-state index < -0.39 is 0 Å². The molecule has 0 fully saturated rings. The molecule has 2 amide bonds. The Morgan fingerprint density at radius 3 is 2.67 bits per heavy atom. The monoisotopic (exact) mass is 409 g/mol. The van der Waals surface area contributed by atoms with Crippen LogP contribution in [0, 0.1) is 13.8 Å². The predicted molar refractivity (Wildman–Crippen MR) is 116 cm³/mol. The van der Waals surface area contributed by atoms with Gasteiger partial charge in [0.1, 0.15) is 0 Å². The quantitative estimate of drug-likeness (QED) is 0.352. The molecule has 0 unspecified atom stereocenters. The molecule has 1 aromatic carbocycles. The number of ether oxygens (including phenoxy) is 1. The van der Waals surface area contributed by atoms with Crippen LogP contribution in [-0.2, 0) is 14.3 Å². The molecule has 1 aromatic heterocycles. The van der Waals surface area contributed by atoms with Crippen LogP contribution in [0.5, 0.6) is 0 Å². The van der Waals surface area contributed by atoms with Crippen LogP contribution in [0.1, 0.15) is 58.6 Å². The Bertz CT molecular complexity index is 1000. The van der Waals surface area contributed by atoms with Crippen molar-refractivity contribution in [3.63, 3.8) is 0 Å². The molecule has 2 aromatic rings. The van der Waals surface area contributed by atoms with Gasteiger partial charge in [0.25, 0.3) is 11.8 Å². The second-order valence-electron chi connectivity index (χ2n) is 7.36. The van der Waals surface area contributed by atoms with E-state index in [4.69, 9.17) is 0 Å². The highest BCUT2D eigenvalue weighted by Gasteiger charge is 2.25. The summed E-state index contributed by atoms with van der Waals surface area (Å²) in [5.41, 5.74) is 5.13. The first-order valence-electron chi connectivity index (χ1n) is 10.1. The van der Waals surface area contributed by atoms with Crippen molar-refractivity contribution in [3.05, 3.63) is 52.3 Å². The Labute approximate surface area is 175 Å². The second kappa shape index (κ2) is 9.43. The largest absolute Gasteiger partial charge is 0.469 e. The molecule has 0 atom stereocenters. The van der Waals surface area contributed by atoms with Crippen LogP contribution in [-0.4, -0.2) is 36.4 Å². The number of aromatic nitrogens is 1. The molecule has 0 saturated carbocycles. The van der Waals surface area contributed by atoms with E-state index in [-0.39, 0.29) is 17.8 Å². The van der Waals surface area contributed by atoms with Crippen molar-refractivity contribution in [3.8, 4) is 0 Å². The SMILES string of the molecule is COC(=O)CCCCCNC(=O)c1c(C)[nH]c(/C=C2\C(=O)Nc3ccccc32)c1C.